The van der Waals surface area contributed by atoms with E-state index >= 15 is 0 Å². The highest BCUT2D eigenvalue weighted by molar-refractivity contribution is 5.92. The van der Waals surface area contributed by atoms with Crippen molar-refractivity contribution < 1.29 is 4.79 Å². The second kappa shape index (κ2) is 8.31. The van der Waals surface area contributed by atoms with Gasteiger partial charge in [-0.25, -0.2) is 0 Å². The fraction of sp³-hybridized carbons (Fsp3) is 0.261. The fourth-order valence-electron chi connectivity index (χ4n) is 3.61. The molecule has 5 nitrogen and oxygen atoms in total. The quantitative estimate of drug-likeness (QED) is 0.657. The molecule has 1 saturated heterocycles. The van der Waals surface area contributed by atoms with E-state index in [9.17, 15) is 4.79 Å². The minimum Gasteiger partial charge on any atom is -0.337 e. The highest BCUT2D eigenvalue weighted by atomic mass is 16.2. The second-order valence-corrected chi connectivity index (χ2v) is 7.08. The summed E-state index contributed by atoms with van der Waals surface area (Å²) in [4.78, 5) is 25.7. The summed E-state index contributed by atoms with van der Waals surface area (Å²) >= 11 is 0. The van der Waals surface area contributed by atoms with Gasteiger partial charge >= 0.3 is 0 Å². The van der Waals surface area contributed by atoms with E-state index in [1.165, 1.54) is 0 Å². The standard InChI is InChI=1S/C23H24N4O/c1-18(21-6-2-3-11-24-21)26-13-15-27(16-14-26)23(28)10-8-19-7-9-22-20(17-19)5-4-12-25-22/h2-12,17-18H,13-16H2,1H3/b10-8+. The molecule has 0 saturated carbocycles. The molecule has 142 valence electrons. The Bertz CT molecular complexity index is 978. The Hall–Kier alpha value is -3.05. The molecule has 1 aliphatic rings. The summed E-state index contributed by atoms with van der Waals surface area (Å²) in [6.45, 7) is 5.37. The first kappa shape index (κ1) is 18.3. The van der Waals surface area contributed by atoms with Gasteiger partial charge in [-0.3, -0.25) is 19.7 Å². The van der Waals surface area contributed by atoms with Crippen molar-refractivity contribution in [1.29, 1.82) is 0 Å². The highest BCUT2D eigenvalue weighted by Gasteiger charge is 2.24. The third-order valence-electron chi connectivity index (χ3n) is 5.33. The maximum atomic E-state index is 12.6. The summed E-state index contributed by atoms with van der Waals surface area (Å²) in [6.07, 6.45) is 7.18. The normalized spacial score (nSPS) is 16.5. The number of carbonyl (C=O) groups excluding carboxylic acids is 1. The number of aromatic nitrogens is 2. The van der Waals surface area contributed by atoms with Gasteiger partial charge in [0, 0.05) is 56.1 Å². The predicted molar refractivity (Wildman–Crippen MR) is 112 cm³/mol. The first-order chi connectivity index (χ1) is 13.7. The Morgan fingerprint density at radius 1 is 1.00 bits per heavy atom. The van der Waals surface area contributed by atoms with Gasteiger partial charge in [0.25, 0.3) is 0 Å². The molecule has 0 spiro atoms. The van der Waals surface area contributed by atoms with Crippen LogP contribution in [-0.2, 0) is 4.79 Å². The number of pyridine rings is 2. The lowest BCUT2D eigenvalue weighted by molar-refractivity contribution is -0.127. The molecule has 1 aromatic carbocycles. The summed E-state index contributed by atoms with van der Waals surface area (Å²) < 4.78 is 0. The van der Waals surface area contributed by atoms with Gasteiger partial charge in [-0.2, -0.15) is 0 Å². The van der Waals surface area contributed by atoms with Gasteiger partial charge in [0.1, 0.15) is 0 Å². The molecular weight excluding hydrogens is 348 g/mol. The molecule has 0 N–H and O–H groups in total. The maximum absolute atomic E-state index is 12.6. The van der Waals surface area contributed by atoms with Crippen LogP contribution in [0.15, 0.2) is 67.0 Å². The van der Waals surface area contributed by atoms with E-state index in [0.29, 0.717) is 0 Å². The zero-order valence-electron chi connectivity index (χ0n) is 16.0. The number of rotatable bonds is 4. The number of carbonyl (C=O) groups is 1. The molecule has 4 rings (SSSR count). The third kappa shape index (κ3) is 4.10. The average Bonchev–Trinajstić information content (AvgIpc) is 2.77. The van der Waals surface area contributed by atoms with E-state index in [4.69, 9.17) is 0 Å². The molecule has 3 heterocycles. The number of nitrogens with zero attached hydrogens (tertiary/aromatic N) is 4. The topological polar surface area (TPSA) is 49.3 Å². The lowest BCUT2D eigenvalue weighted by atomic mass is 10.1. The van der Waals surface area contributed by atoms with Crippen molar-refractivity contribution in [3.05, 3.63) is 78.3 Å². The van der Waals surface area contributed by atoms with E-state index < -0.39 is 0 Å². The van der Waals surface area contributed by atoms with Gasteiger partial charge < -0.3 is 4.90 Å². The first-order valence-electron chi connectivity index (χ1n) is 9.67. The molecule has 2 aromatic heterocycles. The van der Waals surface area contributed by atoms with Gasteiger partial charge in [0.05, 0.1) is 11.2 Å². The molecule has 1 unspecified atom stereocenters. The Labute approximate surface area is 165 Å². The first-order valence-corrected chi connectivity index (χ1v) is 9.67. The van der Waals surface area contributed by atoms with Crippen LogP contribution in [-0.4, -0.2) is 51.9 Å². The number of hydrogen-bond acceptors (Lipinski definition) is 4. The largest absolute Gasteiger partial charge is 0.337 e. The lowest BCUT2D eigenvalue weighted by Gasteiger charge is -2.37. The molecule has 1 fully saturated rings. The smallest absolute Gasteiger partial charge is 0.246 e. The van der Waals surface area contributed by atoms with Crippen molar-refractivity contribution >= 4 is 22.9 Å². The Morgan fingerprint density at radius 3 is 2.61 bits per heavy atom. The van der Waals surface area contributed by atoms with E-state index in [2.05, 4.69) is 33.9 Å². The van der Waals surface area contributed by atoms with Crippen LogP contribution in [0.2, 0.25) is 0 Å². The summed E-state index contributed by atoms with van der Waals surface area (Å²) in [7, 11) is 0. The lowest BCUT2D eigenvalue weighted by Crippen LogP contribution is -2.48. The molecule has 0 aliphatic carbocycles. The van der Waals surface area contributed by atoms with Crippen molar-refractivity contribution in [3.63, 3.8) is 0 Å². The van der Waals surface area contributed by atoms with E-state index in [1.807, 2.05) is 53.6 Å². The van der Waals surface area contributed by atoms with Crippen LogP contribution in [0.25, 0.3) is 17.0 Å². The number of fused-ring (bicyclic) bond motifs is 1. The SMILES string of the molecule is CC(c1ccccn1)N1CCN(C(=O)/C=C/c2ccc3ncccc3c2)CC1. The van der Waals surface area contributed by atoms with Crippen LogP contribution >= 0.6 is 0 Å². The molecule has 28 heavy (non-hydrogen) atoms. The Kier molecular flexibility index (Phi) is 5.44. The Morgan fingerprint density at radius 2 is 1.82 bits per heavy atom. The van der Waals surface area contributed by atoms with Crippen molar-refractivity contribution in [1.82, 2.24) is 19.8 Å². The van der Waals surface area contributed by atoms with Crippen LogP contribution in [0, 0.1) is 0 Å². The van der Waals surface area contributed by atoms with E-state index in [-0.39, 0.29) is 11.9 Å². The molecule has 5 heteroatoms. The molecular formula is C23H24N4O. The van der Waals surface area contributed by atoms with Crippen molar-refractivity contribution in [2.45, 2.75) is 13.0 Å². The average molecular weight is 372 g/mol. The van der Waals surface area contributed by atoms with Gasteiger partial charge in [-0.15, -0.1) is 0 Å². The molecule has 1 aliphatic heterocycles. The van der Waals surface area contributed by atoms with Crippen molar-refractivity contribution in [2.24, 2.45) is 0 Å². The summed E-state index contributed by atoms with van der Waals surface area (Å²) in [5.41, 5.74) is 3.05. The minimum atomic E-state index is 0.0661. The molecule has 0 radical (unpaired) electrons. The zero-order valence-corrected chi connectivity index (χ0v) is 16.0. The van der Waals surface area contributed by atoms with E-state index in [1.54, 1.807) is 12.3 Å². The van der Waals surface area contributed by atoms with Gasteiger partial charge in [0.2, 0.25) is 5.91 Å². The number of amides is 1. The number of piperazine rings is 1. The number of hydrogen-bond donors (Lipinski definition) is 0. The minimum absolute atomic E-state index is 0.0661. The molecule has 1 amide bonds. The predicted octanol–water partition coefficient (Wildman–Crippen LogP) is 3.55. The van der Waals surface area contributed by atoms with Crippen molar-refractivity contribution in [2.75, 3.05) is 26.2 Å². The summed E-state index contributed by atoms with van der Waals surface area (Å²) in [5.74, 6) is 0.0661. The van der Waals surface area contributed by atoms with Gasteiger partial charge in [-0.1, -0.05) is 18.2 Å². The van der Waals surface area contributed by atoms with Crippen LogP contribution in [0.4, 0.5) is 0 Å². The molecule has 0 bridgehead atoms. The van der Waals surface area contributed by atoms with Gasteiger partial charge in [-0.05, 0) is 48.9 Å². The fourth-order valence-corrected chi connectivity index (χ4v) is 3.61. The summed E-state index contributed by atoms with van der Waals surface area (Å²) in [6, 6.07) is 16.3. The van der Waals surface area contributed by atoms with E-state index in [0.717, 1.165) is 48.3 Å². The van der Waals surface area contributed by atoms with Crippen molar-refractivity contribution in [3.8, 4) is 0 Å². The van der Waals surface area contributed by atoms with Crippen LogP contribution in [0.3, 0.4) is 0 Å². The Balaban J connectivity index is 1.35. The maximum Gasteiger partial charge on any atom is 0.246 e. The third-order valence-corrected chi connectivity index (χ3v) is 5.33. The van der Waals surface area contributed by atoms with Crippen LogP contribution in [0.1, 0.15) is 24.2 Å². The van der Waals surface area contributed by atoms with Gasteiger partial charge in [0.15, 0.2) is 0 Å². The molecule has 1 atom stereocenters. The summed E-state index contributed by atoms with van der Waals surface area (Å²) in [5, 5.41) is 1.08. The number of benzene rings is 1. The zero-order chi connectivity index (χ0) is 19.3. The monoisotopic (exact) mass is 372 g/mol. The highest BCUT2D eigenvalue weighted by Crippen LogP contribution is 2.20. The van der Waals surface area contributed by atoms with Crippen LogP contribution in [0.5, 0.6) is 0 Å². The molecule has 3 aromatic rings. The second-order valence-electron chi connectivity index (χ2n) is 7.08. The van der Waals surface area contributed by atoms with Crippen LogP contribution < -0.4 is 0 Å².